The van der Waals surface area contributed by atoms with Gasteiger partial charge in [0.15, 0.2) is 0 Å². The van der Waals surface area contributed by atoms with Crippen LogP contribution in [0.4, 0.5) is 0 Å². The molecule has 2 N–H and O–H groups in total. The maximum absolute atomic E-state index is 5.57. The highest BCUT2D eigenvalue weighted by Crippen LogP contribution is 2.26. The number of nitrogens with zero attached hydrogens (tertiary/aromatic N) is 1. The SMILES string of the molecule is COc1ccc(CN(C)C(C)CC(N)=S)cc1Br. The number of methoxy groups -OCH3 is 1. The second-order valence-electron chi connectivity index (χ2n) is 4.40. The molecule has 0 saturated heterocycles. The molecule has 1 aromatic rings. The first-order valence-electron chi connectivity index (χ1n) is 5.75. The first-order chi connectivity index (χ1) is 8.43. The third-order valence-corrected chi connectivity index (χ3v) is 3.68. The quantitative estimate of drug-likeness (QED) is 0.814. The van der Waals surface area contributed by atoms with Crippen LogP contribution in [0.25, 0.3) is 0 Å². The summed E-state index contributed by atoms with van der Waals surface area (Å²) in [5.41, 5.74) is 6.79. The lowest BCUT2D eigenvalue weighted by molar-refractivity contribution is 0.255. The Hall–Kier alpha value is -0.650. The van der Waals surface area contributed by atoms with Crippen LogP contribution >= 0.6 is 28.1 Å². The summed E-state index contributed by atoms with van der Waals surface area (Å²) in [5, 5.41) is 0. The van der Waals surface area contributed by atoms with Gasteiger partial charge in [-0.1, -0.05) is 18.3 Å². The van der Waals surface area contributed by atoms with Gasteiger partial charge < -0.3 is 10.5 Å². The predicted octanol–water partition coefficient (Wildman–Crippen LogP) is 2.95. The van der Waals surface area contributed by atoms with E-state index >= 15 is 0 Å². The topological polar surface area (TPSA) is 38.5 Å². The normalized spacial score (nSPS) is 12.5. The predicted molar refractivity (Wildman–Crippen MR) is 83.0 cm³/mol. The van der Waals surface area contributed by atoms with E-state index in [1.54, 1.807) is 7.11 Å². The van der Waals surface area contributed by atoms with E-state index in [0.29, 0.717) is 11.0 Å². The summed E-state index contributed by atoms with van der Waals surface area (Å²) < 4.78 is 6.18. The molecule has 18 heavy (non-hydrogen) atoms. The molecule has 1 aromatic carbocycles. The Balaban J connectivity index is 2.67. The van der Waals surface area contributed by atoms with Crippen LogP contribution in [0.2, 0.25) is 0 Å². The Labute approximate surface area is 122 Å². The molecular weight excluding hydrogens is 312 g/mol. The first kappa shape index (κ1) is 15.4. The van der Waals surface area contributed by atoms with Gasteiger partial charge in [-0.05, 0) is 47.6 Å². The molecule has 0 saturated carbocycles. The summed E-state index contributed by atoms with van der Waals surface area (Å²) >= 11 is 8.43. The van der Waals surface area contributed by atoms with Crippen molar-refractivity contribution in [3.05, 3.63) is 28.2 Å². The molecule has 3 nitrogen and oxygen atoms in total. The van der Waals surface area contributed by atoms with E-state index in [4.69, 9.17) is 22.7 Å². The maximum Gasteiger partial charge on any atom is 0.133 e. The number of halogens is 1. The zero-order valence-corrected chi connectivity index (χ0v) is 13.3. The van der Waals surface area contributed by atoms with Crippen LogP contribution in [0.15, 0.2) is 22.7 Å². The molecule has 1 atom stereocenters. The van der Waals surface area contributed by atoms with Gasteiger partial charge in [0, 0.05) is 19.0 Å². The Morgan fingerprint density at radius 1 is 1.56 bits per heavy atom. The van der Waals surface area contributed by atoms with Gasteiger partial charge in [-0.25, -0.2) is 0 Å². The largest absolute Gasteiger partial charge is 0.496 e. The molecule has 0 fully saturated rings. The van der Waals surface area contributed by atoms with Gasteiger partial charge in [-0.2, -0.15) is 0 Å². The molecule has 0 aliphatic heterocycles. The van der Waals surface area contributed by atoms with Gasteiger partial charge >= 0.3 is 0 Å². The summed E-state index contributed by atoms with van der Waals surface area (Å²) in [5.74, 6) is 0.845. The molecule has 0 heterocycles. The van der Waals surface area contributed by atoms with E-state index in [1.807, 2.05) is 6.07 Å². The molecule has 0 bridgehead atoms. The van der Waals surface area contributed by atoms with Gasteiger partial charge in [-0.15, -0.1) is 0 Å². The maximum atomic E-state index is 5.57. The monoisotopic (exact) mass is 330 g/mol. The standard InChI is InChI=1S/C13H19BrN2OS/c1-9(6-13(15)18)16(2)8-10-4-5-12(17-3)11(14)7-10/h4-5,7,9H,6,8H2,1-3H3,(H2,15,18). The van der Waals surface area contributed by atoms with Crippen molar-refractivity contribution >= 4 is 33.1 Å². The Morgan fingerprint density at radius 3 is 2.72 bits per heavy atom. The van der Waals surface area contributed by atoms with Crippen molar-refractivity contribution in [2.75, 3.05) is 14.2 Å². The summed E-state index contributed by atoms with van der Waals surface area (Å²) in [6.07, 6.45) is 0.739. The summed E-state index contributed by atoms with van der Waals surface area (Å²) in [6, 6.07) is 6.44. The zero-order chi connectivity index (χ0) is 13.7. The van der Waals surface area contributed by atoms with E-state index in [0.717, 1.165) is 23.2 Å². The molecule has 0 radical (unpaired) electrons. The van der Waals surface area contributed by atoms with E-state index in [1.165, 1.54) is 5.56 Å². The minimum absolute atomic E-state index is 0.336. The van der Waals surface area contributed by atoms with Crippen LogP contribution in [-0.2, 0) is 6.54 Å². The fourth-order valence-electron chi connectivity index (χ4n) is 1.70. The van der Waals surface area contributed by atoms with Gasteiger partial charge in [0.1, 0.15) is 5.75 Å². The van der Waals surface area contributed by atoms with Crippen LogP contribution in [0.3, 0.4) is 0 Å². The molecule has 100 valence electrons. The van der Waals surface area contributed by atoms with Crippen molar-refractivity contribution < 1.29 is 4.74 Å². The molecule has 1 rings (SSSR count). The average Bonchev–Trinajstić information content (AvgIpc) is 2.28. The third kappa shape index (κ3) is 4.55. The molecule has 0 aliphatic rings. The lowest BCUT2D eigenvalue weighted by Crippen LogP contribution is -2.32. The summed E-state index contributed by atoms with van der Waals surface area (Å²) in [6.45, 7) is 2.98. The fraction of sp³-hybridized carbons (Fsp3) is 0.462. The smallest absolute Gasteiger partial charge is 0.133 e. The van der Waals surface area contributed by atoms with E-state index in [9.17, 15) is 0 Å². The number of rotatable bonds is 6. The highest BCUT2D eigenvalue weighted by molar-refractivity contribution is 9.10. The molecule has 0 spiro atoms. The molecule has 0 aromatic heterocycles. The Bertz CT molecular complexity index is 425. The number of hydrogen-bond acceptors (Lipinski definition) is 3. The second kappa shape index (κ2) is 7.07. The minimum Gasteiger partial charge on any atom is -0.496 e. The zero-order valence-electron chi connectivity index (χ0n) is 10.9. The Kier molecular flexibility index (Phi) is 6.05. The highest BCUT2D eigenvalue weighted by atomic mass is 79.9. The van der Waals surface area contributed by atoms with E-state index in [2.05, 4.69) is 46.9 Å². The van der Waals surface area contributed by atoms with Gasteiger partial charge in [-0.3, -0.25) is 4.90 Å². The molecule has 1 unspecified atom stereocenters. The lowest BCUT2D eigenvalue weighted by atomic mass is 10.1. The second-order valence-corrected chi connectivity index (χ2v) is 5.78. The average molecular weight is 331 g/mol. The van der Waals surface area contributed by atoms with Crippen molar-refractivity contribution in [3.8, 4) is 5.75 Å². The van der Waals surface area contributed by atoms with Crippen LogP contribution in [0.5, 0.6) is 5.75 Å². The summed E-state index contributed by atoms with van der Waals surface area (Å²) in [4.78, 5) is 2.79. The van der Waals surface area contributed by atoms with Crippen molar-refractivity contribution in [1.82, 2.24) is 4.90 Å². The summed E-state index contributed by atoms with van der Waals surface area (Å²) in [7, 11) is 3.73. The minimum atomic E-state index is 0.336. The number of ether oxygens (including phenoxy) is 1. The lowest BCUT2D eigenvalue weighted by Gasteiger charge is -2.24. The highest BCUT2D eigenvalue weighted by Gasteiger charge is 2.11. The third-order valence-electron chi connectivity index (χ3n) is 2.90. The number of hydrogen-bond donors (Lipinski definition) is 1. The van der Waals surface area contributed by atoms with Crippen molar-refractivity contribution in [1.29, 1.82) is 0 Å². The van der Waals surface area contributed by atoms with Crippen molar-refractivity contribution in [3.63, 3.8) is 0 Å². The first-order valence-corrected chi connectivity index (χ1v) is 6.95. The Morgan fingerprint density at radius 2 is 2.22 bits per heavy atom. The molecule has 5 heteroatoms. The van der Waals surface area contributed by atoms with E-state index < -0.39 is 0 Å². The number of thiocarbonyl (C=S) groups is 1. The molecular formula is C13H19BrN2OS. The van der Waals surface area contributed by atoms with Gasteiger partial charge in [0.05, 0.1) is 16.6 Å². The number of benzene rings is 1. The number of nitrogens with two attached hydrogens (primary N) is 1. The van der Waals surface area contributed by atoms with Crippen LogP contribution < -0.4 is 10.5 Å². The molecule has 0 aliphatic carbocycles. The van der Waals surface area contributed by atoms with Crippen LogP contribution in [-0.4, -0.2) is 30.1 Å². The van der Waals surface area contributed by atoms with Crippen molar-refractivity contribution in [2.24, 2.45) is 5.73 Å². The van der Waals surface area contributed by atoms with Crippen LogP contribution in [0.1, 0.15) is 18.9 Å². The van der Waals surface area contributed by atoms with Gasteiger partial charge in [0.2, 0.25) is 0 Å². The fourth-order valence-corrected chi connectivity index (χ4v) is 2.53. The molecule has 0 amide bonds. The van der Waals surface area contributed by atoms with E-state index in [-0.39, 0.29) is 0 Å². The van der Waals surface area contributed by atoms with Crippen molar-refractivity contribution in [2.45, 2.75) is 25.9 Å². The van der Waals surface area contributed by atoms with Gasteiger partial charge in [0.25, 0.3) is 0 Å². The van der Waals surface area contributed by atoms with Crippen LogP contribution in [0, 0.1) is 0 Å².